The zero-order valence-corrected chi connectivity index (χ0v) is 10.1. The summed E-state index contributed by atoms with van der Waals surface area (Å²) >= 11 is 0. The molecule has 0 amide bonds. The molecule has 1 unspecified atom stereocenters. The maximum Gasteiger partial charge on any atom is 1.00 e. The summed E-state index contributed by atoms with van der Waals surface area (Å²) in [5.41, 5.74) is 0. The van der Waals surface area contributed by atoms with Crippen LogP contribution in [0.4, 0.5) is 25.2 Å². The molecule has 0 saturated heterocycles. The van der Waals surface area contributed by atoms with Gasteiger partial charge in [0.15, 0.2) is 0 Å². The van der Waals surface area contributed by atoms with E-state index in [1.807, 2.05) is 30.3 Å². The van der Waals surface area contributed by atoms with Crippen molar-refractivity contribution >= 4 is 7.81 Å². The molecule has 0 aromatic heterocycles. The quantitative estimate of drug-likeness (QED) is 0.510. The summed E-state index contributed by atoms with van der Waals surface area (Å²) in [6.07, 6.45) is 8.03. The summed E-state index contributed by atoms with van der Waals surface area (Å²) in [6.45, 7) is 4.80. The molecule has 0 N–H and O–H groups in total. The SMILES string of the molecule is CCON1C=CC=CC1C.F[P-](F)(F)(F)(F)F.[H+]. The molecular formula is C8H14F6NOP. The smallest absolute Gasteiger partial charge is 1.00 e. The minimum Gasteiger partial charge on any atom is 1.00 e. The van der Waals surface area contributed by atoms with Gasteiger partial charge >= 0.3 is 34.4 Å². The predicted molar refractivity (Wildman–Crippen MR) is 55.9 cm³/mol. The summed E-state index contributed by atoms with van der Waals surface area (Å²) < 4.78 is 59.2. The van der Waals surface area contributed by atoms with Crippen molar-refractivity contribution in [3.05, 3.63) is 24.4 Å². The van der Waals surface area contributed by atoms with Gasteiger partial charge in [-0.25, -0.2) is 0 Å². The van der Waals surface area contributed by atoms with Gasteiger partial charge in [-0.05, 0) is 19.9 Å². The number of rotatable bonds is 2. The number of hydroxylamine groups is 2. The van der Waals surface area contributed by atoms with E-state index in [0.29, 0.717) is 6.04 Å². The Morgan fingerprint density at radius 2 is 1.65 bits per heavy atom. The van der Waals surface area contributed by atoms with Crippen molar-refractivity contribution in [1.29, 1.82) is 0 Å². The van der Waals surface area contributed by atoms with Crippen molar-refractivity contribution in [2.45, 2.75) is 19.9 Å². The van der Waals surface area contributed by atoms with Crippen LogP contribution in [0.25, 0.3) is 0 Å². The standard InChI is InChI=1S/C8H13NO.F6P/c1-3-10-9-7-5-4-6-8(9)2;1-7(2,3,4,5)6/h4-8H,3H2,1-2H3;/q;-1/p+1. The van der Waals surface area contributed by atoms with E-state index >= 15 is 0 Å². The molecule has 17 heavy (non-hydrogen) atoms. The molecule has 0 aromatic rings. The summed E-state index contributed by atoms with van der Waals surface area (Å²) in [5.74, 6) is 0. The van der Waals surface area contributed by atoms with Crippen LogP contribution < -0.4 is 0 Å². The van der Waals surface area contributed by atoms with Crippen molar-refractivity contribution in [1.82, 2.24) is 5.06 Å². The first kappa shape index (κ1) is 16.2. The molecule has 0 aromatic carbocycles. The van der Waals surface area contributed by atoms with Crippen molar-refractivity contribution in [2.24, 2.45) is 0 Å². The van der Waals surface area contributed by atoms with Gasteiger partial charge in [-0.1, -0.05) is 12.2 Å². The Morgan fingerprint density at radius 3 is 2.00 bits per heavy atom. The molecule has 1 rings (SSSR count). The molecule has 1 heterocycles. The van der Waals surface area contributed by atoms with Crippen molar-refractivity contribution in [2.75, 3.05) is 6.61 Å². The molecule has 2 nitrogen and oxygen atoms in total. The van der Waals surface area contributed by atoms with Crippen LogP contribution in [0.5, 0.6) is 0 Å². The average molecular weight is 285 g/mol. The molecule has 0 saturated carbocycles. The molecule has 9 heteroatoms. The van der Waals surface area contributed by atoms with E-state index in [2.05, 4.69) is 13.0 Å². The molecule has 0 bridgehead atoms. The van der Waals surface area contributed by atoms with E-state index in [-0.39, 0.29) is 1.43 Å². The molecule has 1 atom stereocenters. The van der Waals surface area contributed by atoms with Crippen LogP contribution in [0.1, 0.15) is 15.3 Å². The zero-order valence-electron chi connectivity index (χ0n) is 10.2. The van der Waals surface area contributed by atoms with Crippen molar-refractivity contribution in [3.63, 3.8) is 0 Å². The first-order valence-electron chi connectivity index (χ1n) is 4.62. The molecule has 1 aliphatic rings. The molecular weight excluding hydrogens is 271 g/mol. The molecule has 0 spiro atoms. The van der Waals surface area contributed by atoms with Crippen LogP contribution in [0.3, 0.4) is 0 Å². The summed E-state index contributed by atoms with van der Waals surface area (Å²) in [5, 5.41) is 1.85. The number of nitrogens with zero attached hydrogens (tertiary/aromatic N) is 1. The van der Waals surface area contributed by atoms with Gasteiger partial charge in [-0.2, -0.15) is 0 Å². The Balaban J connectivity index is 0. The Bertz CT molecular complexity index is 302. The van der Waals surface area contributed by atoms with Gasteiger partial charge in [0.05, 0.1) is 12.6 Å². The molecule has 0 radical (unpaired) electrons. The van der Waals surface area contributed by atoms with E-state index in [9.17, 15) is 25.2 Å². The molecule has 104 valence electrons. The minimum atomic E-state index is -10.7. The Morgan fingerprint density at radius 1 is 1.18 bits per heavy atom. The monoisotopic (exact) mass is 285 g/mol. The zero-order chi connectivity index (χ0) is 13.8. The Labute approximate surface area is 96.2 Å². The largest absolute Gasteiger partial charge is 1.00 e. The third kappa shape index (κ3) is 15.2. The fraction of sp³-hybridized carbons (Fsp3) is 0.500. The van der Waals surface area contributed by atoms with E-state index in [4.69, 9.17) is 4.84 Å². The maximum atomic E-state index is 9.87. The third-order valence-corrected chi connectivity index (χ3v) is 1.41. The second-order valence-electron chi connectivity index (χ2n) is 3.20. The topological polar surface area (TPSA) is 12.5 Å². The van der Waals surface area contributed by atoms with Gasteiger partial charge in [-0.15, -0.1) is 0 Å². The fourth-order valence-electron chi connectivity index (χ4n) is 0.890. The second-order valence-corrected chi connectivity index (χ2v) is 5.12. The third-order valence-electron chi connectivity index (χ3n) is 1.41. The van der Waals surface area contributed by atoms with Gasteiger partial charge in [0, 0.05) is 6.20 Å². The Hall–Kier alpha value is -0.750. The average Bonchev–Trinajstić information content (AvgIpc) is 2.04. The first-order chi connectivity index (χ1) is 7.29. The number of hydrogen-bond acceptors (Lipinski definition) is 2. The summed E-state index contributed by atoms with van der Waals surface area (Å²) in [4.78, 5) is 5.29. The van der Waals surface area contributed by atoms with Crippen LogP contribution >= 0.6 is 7.81 Å². The minimum absolute atomic E-state index is 0. The van der Waals surface area contributed by atoms with E-state index in [1.165, 1.54) is 0 Å². The van der Waals surface area contributed by atoms with Crippen LogP contribution in [-0.4, -0.2) is 17.7 Å². The predicted octanol–water partition coefficient (Wildman–Crippen LogP) is 5.21. The fourth-order valence-corrected chi connectivity index (χ4v) is 0.890. The second kappa shape index (κ2) is 4.49. The van der Waals surface area contributed by atoms with Crippen LogP contribution in [0.2, 0.25) is 0 Å². The van der Waals surface area contributed by atoms with E-state index in [1.54, 1.807) is 0 Å². The number of allylic oxidation sites excluding steroid dienone is 2. The van der Waals surface area contributed by atoms with Crippen molar-refractivity contribution < 1.29 is 31.4 Å². The molecule has 1 aliphatic heterocycles. The van der Waals surface area contributed by atoms with Crippen LogP contribution in [0, 0.1) is 0 Å². The van der Waals surface area contributed by atoms with Gasteiger partial charge in [-0.3, -0.25) is 9.90 Å². The summed E-state index contributed by atoms with van der Waals surface area (Å²) in [6, 6.07) is 0.366. The van der Waals surface area contributed by atoms with Gasteiger partial charge < -0.3 is 0 Å². The Kier molecular flexibility index (Phi) is 4.30. The van der Waals surface area contributed by atoms with E-state index in [0.717, 1.165) is 6.61 Å². The summed E-state index contributed by atoms with van der Waals surface area (Å²) in [7, 11) is -10.7. The van der Waals surface area contributed by atoms with Crippen LogP contribution in [0.15, 0.2) is 24.4 Å². The van der Waals surface area contributed by atoms with Crippen molar-refractivity contribution in [3.8, 4) is 0 Å². The normalized spacial score (nSPS) is 23.5. The van der Waals surface area contributed by atoms with E-state index < -0.39 is 7.81 Å². The van der Waals surface area contributed by atoms with Gasteiger partial charge in [0.25, 0.3) is 0 Å². The molecule has 0 aliphatic carbocycles. The van der Waals surface area contributed by atoms with Crippen LogP contribution in [-0.2, 0) is 4.84 Å². The van der Waals surface area contributed by atoms with Gasteiger partial charge in [0.2, 0.25) is 0 Å². The first-order valence-corrected chi connectivity index (χ1v) is 6.65. The maximum absolute atomic E-state index is 10.7. The number of hydrogen-bond donors (Lipinski definition) is 0. The number of halogens is 6. The molecule has 0 fully saturated rings. The van der Waals surface area contributed by atoms with Gasteiger partial charge in [0.1, 0.15) is 0 Å².